The Kier molecular flexibility index (Phi) is 6.11. The monoisotopic (exact) mass is 476 g/mol. The second-order valence-corrected chi connectivity index (χ2v) is 9.03. The van der Waals surface area contributed by atoms with Crippen LogP contribution in [0.5, 0.6) is 0 Å². The number of carbonyl (C=O) groups excluding carboxylic acids is 3. The lowest BCUT2D eigenvalue weighted by Crippen LogP contribution is -2.50. The molecule has 2 aromatic rings. The van der Waals surface area contributed by atoms with E-state index < -0.39 is 17.7 Å². The zero-order valence-electron chi connectivity index (χ0n) is 16.6. The van der Waals surface area contributed by atoms with Gasteiger partial charge in [0.15, 0.2) is 0 Å². The molecule has 1 saturated heterocycles. The third kappa shape index (κ3) is 4.10. The van der Waals surface area contributed by atoms with Crippen LogP contribution in [0.2, 0.25) is 15.1 Å². The van der Waals surface area contributed by atoms with Crippen molar-refractivity contribution in [3.8, 4) is 0 Å². The number of fused-ring (bicyclic) bond motifs is 1. The van der Waals surface area contributed by atoms with Gasteiger partial charge in [0.25, 0.3) is 17.7 Å². The van der Waals surface area contributed by atoms with Crippen LogP contribution in [0.3, 0.4) is 0 Å². The van der Waals surface area contributed by atoms with Crippen molar-refractivity contribution in [2.45, 2.75) is 19.9 Å². The summed E-state index contributed by atoms with van der Waals surface area (Å²) in [6, 6.07) is 11.2. The SMILES string of the molecule is C[C@@H]1C=CC[C@H]2C(=O)N(N(Cc3ccc(Cl)cc3Cl)C(=O)c3ccc(Cl)cc3)C(=O)[C@H]12. The van der Waals surface area contributed by atoms with Gasteiger partial charge in [0.2, 0.25) is 0 Å². The van der Waals surface area contributed by atoms with E-state index in [0.29, 0.717) is 32.6 Å². The number of halogens is 3. The van der Waals surface area contributed by atoms with Gasteiger partial charge in [-0.05, 0) is 54.3 Å². The lowest BCUT2D eigenvalue weighted by molar-refractivity contribution is -0.155. The summed E-state index contributed by atoms with van der Waals surface area (Å²) in [6.45, 7) is 1.85. The summed E-state index contributed by atoms with van der Waals surface area (Å²) in [7, 11) is 0. The van der Waals surface area contributed by atoms with E-state index in [1.807, 2.05) is 19.1 Å². The summed E-state index contributed by atoms with van der Waals surface area (Å²) in [4.78, 5) is 40.0. The van der Waals surface area contributed by atoms with Crippen LogP contribution in [0, 0.1) is 17.8 Å². The van der Waals surface area contributed by atoms with Gasteiger partial charge in [-0.3, -0.25) is 14.4 Å². The molecule has 0 N–H and O–H groups in total. The summed E-state index contributed by atoms with van der Waals surface area (Å²) < 4.78 is 0. The van der Waals surface area contributed by atoms with Crippen molar-refractivity contribution in [3.05, 3.63) is 80.8 Å². The van der Waals surface area contributed by atoms with Gasteiger partial charge in [-0.1, -0.05) is 59.9 Å². The van der Waals surface area contributed by atoms with Crippen molar-refractivity contribution in [3.63, 3.8) is 0 Å². The van der Waals surface area contributed by atoms with Gasteiger partial charge >= 0.3 is 0 Å². The fourth-order valence-corrected chi connectivity index (χ4v) is 4.75. The summed E-state index contributed by atoms with van der Waals surface area (Å²) >= 11 is 18.3. The number of hydrazine groups is 1. The zero-order chi connectivity index (χ0) is 22.3. The molecule has 5 nitrogen and oxygen atoms in total. The highest BCUT2D eigenvalue weighted by Gasteiger charge is 2.53. The van der Waals surface area contributed by atoms with E-state index in [1.54, 1.807) is 42.5 Å². The Hall–Kier alpha value is -2.34. The highest BCUT2D eigenvalue weighted by molar-refractivity contribution is 6.35. The first-order valence-corrected chi connectivity index (χ1v) is 11.0. The van der Waals surface area contributed by atoms with Crippen LogP contribution in [0.1, 0.15) is 29.3 Å². The highest BCUT2D eigenvalue weighted by Crippen LogP contribution is 2.40. The normalized spacial score (nSPS) is 22.6. The molecular weight excluding hydrogens is 459 g/mol. The first kappa shape index (κ1) is 21.9. The van der Waals surface area contributed by atoms with E-state index in [1.165, 1.54) is 5.01 Å². The highest BCUT2D eigenvalue weighted by atomic mass is 35.5. The minimum Gasteiger partial charge on any atom is -0.272 e. The van der Waals surface area contributed by atoms with Crippen molar-refractivity contribution in [2.75, 3.05) is 0 Å². The molecule has 1 aliphatic carbocycles. The van der Waals surface area contributed by atoms with Crippen molar-refractivity contribution in [1.82, 2.24) is 10.0 Å². The van der Waals surface area contributed by atoms with Crippen molar-refractivity contribution >= 4 is 52.5 Å². The average Bonchev–Trinajstić information content (AvgIpc) is 2.99. The summed E-state index contributed by atoms with van der Waals surface area (Å²) in [5.74, 6) is -2.30. The van der Waals surface area contributed by atoms with Gasteiger partial charge in [0, 0.05) is 20.6 Å². The molecule has 160 valence electrons. The molecular formula is C23H19Cl3N2O3. The van der Waals surface area contributed by atoms with Crippen LogP contribution in [-0.2, 0) is 16.1 Å². The Labute approximate surface area is 195 Å². The van der Waals surface area contributed by atoms with Crippen LogP contribution in [0.25, 0.3) is 0 Å². The molecule has 2 aliphatic rings. The third-order valence-corrected chi connectivity index (χ3v) is 6.59. The summed E-state index contributed by atoms with van der Waals surface area (Å²) in [5.41, 5.74) is 0.867. The molecule has 0 unspecified atom stereocenters. The van der Waals surface area contributed by atoms with Gasteiger partial charge in [0.1, 0.15) is 0 Å². The van der Waals surface area contributed by atoms with E-state index in [9.17, 15) is 14.4 Å². The standard InChI is InChI=1S/C23H19Cl3N2O3/c1-13-3-2-4-18-20(13)23(31)28(22(18)30)27(12-15-7-10-17(25)11-19(15)26)21(29)14-5-8-16(24)9-6-14/h2-3,5-11,13,18,20H,4,12H2,1H3/t13-,18-,20-/m1/s1. The Morgan fingerprint density at radius 2 is 1.71 bits per heavy atom. The summed E-state index contributed by atoms with van der Waals surface area (Å²) in [6.07, 6.45) is 4.33. The number of carbonyl (C=O) groups is 3. The van der Waals surface area contributed by atoms with Gasteiger partial charge in [0.05, 0.1) is 18.4 Å². The minimum absolute atomic E-state index is 0.0593. The fraction of sp³-hybridized carbons (Fsp3) is 0.261. The first-order valence-electron chi connectivity index (χ1n) is 9.83. The maximum atomic E-state index is 13.5. The molecule has 0 spiro atoms. The summed E-state index contributed by atoms with van der Waals surface area (Å²) in [5, 5.41) is 3.44. The number of hydrogen-bond donors (Lipinski definition) is 0. The smallest absolute Gasteiger partial charge is 0.272 e. The molecule has 0 saturated carbocycles. The Morgan fingerprint density at radius 1 is 1.03 bits per heavy atom. The molecule has 3 amide bonds. The van der Waals surface area contributed by atoms with Gasteiger partial charge in [-0.25, -0.2) is 5.01 Å². The Balaban J connectivity index is 1.74. The first-order chi connectivity index (χ1) is 14.8. The molecule has 0 bridgehead atoms. The molecule has 3 atom stereocenters. The lowest BCUT2D eigenvalue weighted by atomic mass is 9.78. The van der Waals surface area contributed by atoms with Crippen LogP contribution in [0.15, 0.2) is 54.6 Å². The molecule has 1 fully saturated rings. The number of benzene rings is 2. The number of allylic oxidation sites excluding steroid dienone is 2. The molecule has 31 heavy (non-hydrogen) atoms. The van der Waals surface area contributed by atoms with Crippen LogP contribution in [-0.4, -0.2) is 27.7 Å². The minimum atomic E-state index is -0.497. The molecule has 4 rings (SSSR count). The number of amides is 3. The van der Waals surface area contributed by atoms with Gasteiger partial charge in [-0.15, -0.1) is 0 Å². The van der Waals surface area contributed by atoms with Crippen LogP contribution >= 0.6 is 34.8 Å². The largest absolute Gasteiger partial charge is 0.273 e. The molecule has 0 radical (unpaired) electrons. The second kappa shape index (κ2) is 8.65. The second-order valence-electron chi connectivity index (χ2n) is 7.75. The Morgan fingerprint density at radius 3 is 2.35 bits per heavy atom. The number of nitrogens with zero attached hydrogens (tertiary/aromatic N) is 2. The molecule has 1 aliphatic heterocycles. The maximum absolute atomic E-state index is 13.5. The number of rotatable bonds is 4. The number of hydrogen-bond acceptors (Lipinski definition) is 3. The molecule has 1 heterocycles. The van der Waals surface area contributed by atoms with E-state index in [-0.39, 0.29) is 24.3 Å². The van der Waals surface area contributed by atoms with Crippen molar-refractivity contribution < 1.29 is 14.4 Å². The Bertz CT molecular complexity index is 1080. The quantitative estimate of drug-likeness (QED) is 0.437. The van der Waals surface area contributed by atoms with E-state index in [0.717, 1.165) is 5.01 Å². The lowest BCUT2D eigenvalue weighted by Gasteiger charge is -2.31. The van der Waals surface area contributed by atoms with Crippen molar-refractivity contribution in [2.24, 2.45) is 17.8 Å². The van der Waals surface area contributed by atoms with Crippen molar-refractivity contribution in [1.29, 1.82) is 0 Å². The fourth-order valence-electron chi connectivity index (χ4n) is 4.15. The molecule has 8 heteroatoms. The van der Waals surface area contributed by atoms with Crippen LogP contribution < -0.4 is 0 Å². The van der Waals surface area contributed by atoms with E-state index >= 15 is 0 Å². The number of imide groups is 1. The predicted molar refractivity (Wildman–Crippen MR) is 120 cm³/mol. The van der Waals surface area contributed by atoms with Crippen LogP contribution in [0.4, 0.5) is 0 Å². The van der Waals surface area contributed by atoms with Gasteiger partial charge in [-0.2, -0.15) is 5.01 Å². The molecule has 2 aromatic carbocycles. The predicted octanol–water partition coefficient (Wildman–Crippen LogP) is 5.40. The van der Waals surface area contributed by atoms with E-state index in [4.69, 9.17) is 34.8 Å². The third-order valence-electron chi connectivity index (χ3n) is 5.75. The maximum Gasteiger partial charge on any atom is 0.273 e. The molecule has 0 aromatic heterocycles. The van der Waals surface area contributed by atoms with Gasteiger partial charge < -0.3 is 0 Å². The topological polar surface area (TPSA) is 57.7 Å². The average molecular weight is 478 g/mol. The zero-order valence-corrected chi connectivity index (χ0v) is 18.9. The van der Waals surface area contributed by atoms with E-state index in [2.05, 4.69) is 0 Å².